The van der Waals surface area contributed by atoms with Crippen molar-refractivity contribution in [2.75, 3.05) is 6.54 Å². The molecule has 0 aromatic heterocycles. The first-order valence-electron chi connectivity index (χ1n) is 5.40. The van der Waals surface area contributed by atoms with E-state index in [-0.39, 0.29) is 5.56 Å². The molecule has 0 saturated heterocycles. The minimum absolute atomic E-state index is 0.0966. The van der Waals surface area contributed by atoms with Gasteiger partial charge in [0, 0.05) is 12.6 Å². The molecule has 1 aliphatic rings. The van der Waals surface area contributed by atoms with Crippen molar-refractivity contribution in [1.82, 2.24) is 5.32 Å². The highest BCUT2D eigenvalue weighted by atomic mass is 19.1. The molecule has 0 bridgehead atoms. The summed E-state index contributed by atoms with van der Waals surface area (Å²) in [7, 11) is 0. The number of hydrogen-bond acceptors (Lipinski definition) is 1. The Morgan fingerprint density at radius 1 is 1.38 bits per heavy atom. The second-order valence-electron chi connectivity index (χ2n) is 4.13. The van der Waals surface area contributed by atoms with E-state index in [1.54, 1.807) is 0 Å². The maximum absolute atomic E-state index is 13.2. The van der Waals surface area contributed by atoms with Crippen LogP contribution in [-0.4, -0.2) is 12.5 Å². The van der Waals surface area contributed by atoms with E-state index in [4.69, 9.17) is 0 Å². The van der Waals surface area contributed by atoms with E-state index in [0.29, 0.717) is 12.5 Å². The zero-order chi connectivity index (χ0) is 11.5. The van der Waals surface area contributed by atoms with E-state index in [1.807, 2.05) is 0 Å². The van der Waals surface area contributed by atoms with Crippen molar-refractivity contribution in [2.45, 2.75) is 19.3 Å². The molecule has 0 aliphatic heterocycles. The van der Waals surface area contributed by atoms with E-state index < -0.39 is 17.5 Å². The van der Waals surface area contributed by atoms with Gasteiger partial charge in [0.05, 0.1) is 5.56 Å². The Hall–Kier alpha value is -1.45. The van der Waals surface area contributed by atoms with Crippen LogP contribution in [0.15, 0.2) is 18.2 Å². The summed E-state index contributed by atoms with van der Waals surface area (Å²) in [6.45, 7) is 0.579. The molecule has 1 aromatic rings. The minimum Gasteiger partial charge on any atom is -0.352 e. The molecule has 1 fully saturated rings. The van der Waals surface area contributed by atoms with E-state index >= 15 is 0 Å². The van der Waals surface area contributed by atoms with Gasteiger partial charge in [-0.25, -0.2) is 8.78 Å². The Labute approximate surface area is 92.7 Å². The fraction of sp³-hybridized carbons (Fsp3) is 0.417. The first-order chi connectivity index (χ1) is 7.66. The smallest absolute Gasteiger partial charge is 0.254 e. The Bertz CT molecular complexity index is 402. The molecule has 0 atom stereocenters. The number of amides is 1. The highest BCUT2D eigenvalue weighted by Crippen LogP contribution is 2.25. The van der Waals surface area contributed by atoms with Gasteiger partial charge in [-0.2, -0.15) is 0 Å². The normalized spacial score (nSPS) is 15.6. The molecule has 4 heteroatoms. The number of carbonyl (C=O) groups excluding carboxylic acids is 1. The van der Waals surface area contributed by atoms with Crippen LogP contribution in [0.25, 0.3) is 0 Å². The third-order valence-electron chi connectivity index (χ3n) is 2.95. The molecule has 0 unspecified atom stereocenters. The number of nitrogens with one attached hydrogen (secondary N) is 1. The van der Waals surface area contributed by atoms with Crippen molar-refractivity contribution in [2.24, 2.45) is 5.92 Å². The summed E-state index contributed by atoms with van der Waals surface area (Å²) in [5, 5.41) is 2.66. The van der Waals surface area contributed by atoms with Crippen molar-refractivity contribution in [3.63, 3.8) is 0 Å². The predicted molar refractivity (Wildman–Crippen MR) is 56.0 cm³/mol. The summed E-state index contributed by atoms with van der Waals surface area (Å²) in [6.07, 6.45) is 3.43. The van der Waals surface area contributed by atoms with E-state index in [1.165, 1.54) is 12.5 Å². The van der Waals surface area contributed by atoms with Gasteiger partial charge < -0.3 is 5.32 Å². The highest BCUT2D eigenvalue weighted by Gasteiger charge is 2.19. The zero-order valence-corrected chi connectivity index (χ0v) is 8.80. The Kier molecular flexibility index (Phi) is 3.17. The quantitative estimate of drug-likeness (QED) is 0.841. The van der Waals surface area contributed by atoms with Crippen molar-refractivity contribution < 1.29 is 13.6 Å². The number of hydrogen-bond donors (Lipinski definition) is 1. The lowest BCUT2D eigenvalue weighted by Crippen LogP contribution is -2.32. The third kappa shape index (κ3) is 2.38. The van der Waals surface area contributed by atoms with Crippen LogP contribution < -0.4 is 5.32 Å². The fourth-order valence-corrected chi connectivity index (χ4v) is 1.70. The van der Waals surface area contributed by atoms with Crippen LogP contribution in [0.4, 0.5) is 8.78 Å². The lowest BCUT2D eigenvalue weighted by Gasteiger charge is -2.25. The number of benzene rings is 1. The fourth-order valence-electron chi connectivity index (χ4n) is 1.70. The Morgan fingerprint density at radius 3 is 2.69 bits per heavy atom. The number of carbonyl (C=O) groups is 1. The molecule has 1 N–H and O–H groups in total. The number of rotatable bonds is 3. The van der Waals surface area contributed by atoms with Gasteiger partial charge >= 0.3 is 0 Å². The average Bonchev–Trinajstić information content (AvgIpc) is 2.14. The lowest BCUT2D eigenvalue weighted by molar-refractivity contribution is 0.0935. The summed E-state index contributed by atoms with van der Waals surface area (Å²) in [4.78, 5) is 11.5. The molecule has 1 amide bonds. The summed E-state index contributed by atoms with van der Waals surface area (Å²) >= 11 is 0. The summed E-state index contributed by atoms with van der Waals surface area (Å²) < 4.78 is 25.8. The molecule has 2 rings (SSSR count). The van der Waals surface area contributed by atoms with Gasteiger partial charge in [0.1, 0.15) is 11.6 Å². The minimum atomic E-state index is -0.814. The third-order valence-corrected chi connectivity index (χ3v) is 2.95. The van der Waals surface area contributed by atoms with Gasteiger partial charge in [-0.05, 0) is 30.9 Å². The van der Waals surface area contributed by atoms with Crippen molar-refractivity contribution >= 4 is 5.91 Å². The summed E-state index contributed by atoms with van der Waals surface area (Å²) in [6, 6.07) is 2.97. The van der Waals surface area contributed by atoms with Crippen LogP contribution in [-0.2, 0) is 0 Å². The first kappa shape index (κ1) is 11.0. The molecule has 1 saturated carbocycles. The van der Waals surface area contributed by atoms with Gasteiger partial charge in [0.2, 0.25) is 0 Å². The average molecular weight is 225 g/mol. The van der Waals surface area contributed by atoms with Crippen molar-refractivity contribution in [1.29, 1.82) is 0 Å². The molecule has 0 heterocycles. The SMILES string of the molecule is O=C(NCC1CCC1)c1ccc(F)cc1F. The van der Waals surface area contributed by atoms with Crippen molar-refractivity contribution in [3.8, 4) is 0 Å². The predicted octanol–water partition coefficient (Wildman–Crippen LogP) is 2.49. The maximum atomic E-state index is 13.2. The van der Waals surface area contributed by atoms with Gasteiger partial charge in [-0.15, -0.1) is 0 Å². The molecule has 0 spiro atoms. The molecule has 1 aliphatic carbocycles. The van der Waals surface area contributed by atoms with Crippen LogP contribution in [0.3, 0.4) is 0 Å². The van der Waals surface area contributed by atoms with Crippen LogP contribution in [0.1, 0.15) is 29.6 Å². The summed E-state index contributed by atoms with van der Waals surface area (Å²) in [5.41, 5.74) is -0.0966. The topological polar surface area (TPSA) is 29.1 Å². The largest absolute Gasteiger partial charge is 0.352 e. The van der Waals surface area contributed by atoms with E-state index in [9.17, 15) is 13.6 Å². The lowest BCUT2D eigenvalue weighted by atomic mass is 9.85. The second-order valence-corrected chi connectivity index (χ2v) is 4.13. The maximum Gasteiger partial charge on any atom is 0.254 e. The van der Waals surface area contributed by atoms with Crippen LogP contribution in [0.2, 0.25) is 0 Å². The Morgan fingerprint density at radius 2 is 2.12 bits per heavy atom. The van der Waals surface area contributed by atoms with E-state index in [2.05, 4.69) is 5.32 Å². The molecule has 86 valence electrons. The Balaban J connectivity index is 1.96. The van der Waals surface area contributed by atoms with Gasteiger partial charge in [-0.3, -0.25) is 4.79 Å². The molecule has 0 radical (unpaired) electrons. The molecule has 1 aromatic carbocycles. The molecular formula is C12H13F2NO. The standard InChI is InChI=1S/C12H13F2NO/c13-9-4-5-10(11(14)6-9)12(16)15-7-8-2-1-3-8/h4-6,8H,1-3,7H2,(H,15,16). The van der Waals surface area contributed by atoms with E-state index in [0.717, 1.165) is 25.0 Å². The first-order valence-corrected chi connectivity index (χ1v) is 5.40. The summed E-state index contributed by atoms with van der Waals surface area (Å²) in [5.74, 6) is -1.43. The molecule has 16 heavy (non-hydrogen) atoms. The van der Waals surface area contributed by atoms with Gasteiger partial charge in [0.25, 0.3) is 5.91 Å². The highest BCUT2D eigenvalue weighted by molar-refractivity contribution is 5.94. The van der Waals surface area contributed by atoms with Crippen LogP contribution >= 0.6 is 0 Å². The van der Waals surface area contributed by atoms with Crippen LogP contribution in [0.5, 0.6) is 0 Å². The van der Waals surface area contributed by atoms with Gasteiger partial charge in [0.15, 0.2) is 0 Å². The zero-order valence-electron chi connectivity index (χ0n) is 8.80. The van der Waals surface area contributed by atoms with Crippen LogP contribution in [0, 0.1) is 17.6 Å². The monoisotopic (exact) mass is 225 g/mol. The molecule has 2 nitrogen and oxygen atoms in total. The second kappa shape index (κ2) is 4.60. The number of halogens is 2. The van der Waals surface area contributed by atoms with Gasteiger partial charge in [-0.1, -0.05) is 6.42 Å². The van der Waals surface area contributed by atoms with Crippen molar-refractivity contribution in [3.05, 3.63) is 35.4 Å². The molecular weight excluding hydrogens is 212 g/mol.